The highest BCUT2D eigenvalue weighted by Gasteiger charge is 2.40. The van der Waals surface area contributed by atoms with Crippen molar-refractivity contribution in [1.82, 2.24) is 0 Å². The van der Waals surface area contributed by atoms with Gasteiger partial charge < -0.3 is 4.74 Å². The quantitative estimate of drug-likeness (QED) is 0.633. The van der Waals surface area contributed by atoms with Crippen LogP contribution in [0.4, 0.5) is 0 Å². The number of hydrogen-bond acceptors (Lipinski definition) is 1. The van der Waals surface area contributed by atoms with Crippen LogP contribution in [0.15, 0.2) is 24.8 Å². The minimum atomic E-state index is 0.0475. The molecule has 0 amide bonds. The summed E-state index contributed by atoms with van der Waals surface area (Å²) >= 11 is 0. The van der Waals surface area contributed by atoms with Gasteiger partial charge in [-0.3, -0.25) is 0 Å². The minimum absolute atomic E-state index is 0.0475. The molecule has 1 aromatic rings. The lowest BCUT2D eigenvalue weighted by Crippen LogP contribution is -2.42. The van der Waals surface area contributed by atoms with Crippen molar-refractivity contribution in [1.29, 1.82) is 0 Å². The molecule has 1 aliphatic heterocycles. The van der Waals surface area contributed by atoms with Crippen LogP contribution in [0.3, 0.4) is 0 Å². The summed E-state index contributed by atoms with van der Waals surface area (Å²) in [7, 11) is 2.13. The molecule has 3 rings (SSSR count). The molecule has 0 radical (unpaired) electrons. The third kappa shape index (κ3) is 1.98. The topological polar surface area (TPSA) is 9.23 Å². The first kappa shape index (κ1) is 11.9. The fourth-order valence-electron chi connectivity index (χ4n) is 3.33. The highest BCUT2D eigenvalue weighted by molar-refractivity contribution is 6.32. The van der Waals surface area contributed by atoms with Crippen molar-refractivity contribution in [3.63, 3.8) is 0 Å². The third-order valence-electron chi connectivity index (χ3n) is 4.56. The molecule has 1 nitrogen and oxygen atoms in total. The Labute approximate surface area is 111 Å². The van der Waals surface area contributed by atoms with Crippen LogP contribution >= 0.6 is 0 Å². The molecule has 1 fully saturated rings. The molecule has 2 heteroatoms. The second-order valence-corrected chi connectivity index (χ2v) is 6.25. The Kier molecular flexibility index (Phi) is 2.76. The lowest BCUT2D eigenvalue weighted by Gasteiger charge is -2.43. The van der Waals surface area contributed by atoms with Crippen molar-refractivity contribution in [3.8, 4) is 5.75 Å². The molecular formula is C16H21BO. The van der Waals surface area contributed by atoms with Crippen LogP contribution < -0.4 is 10.2 Å². The minimum Gasteiger partial charge on any atom is -0.486 e. The summed E-state index contributed by atoms with van der Waals surface area (Å²) < 4.78 is 6.37. The molecule has 1 aromatic carbocycles. The normalized spacial score (nSPS) is 30.9. The van der Waals surface area contributed by atoms with Crippen molar-refractivity contribution in [2.24, 2.45) is 5.92 Å². The van der Waals surface area contributed by atoms with Crippen LogP contribution in [-0.2, 0) is 0 Å². The van der Waals surface area contributed by atoms with Gasteiger partial charge in [-0.1, -0.05) is 31.1 Å². The maximum absolute atomic E-state index is 6.37. The highest BCUT2D eigenvalue weighted by atomic mass is 16.5. The van der Waals surface area contributed by atoms with Gasteiger partial charge >= 0.3 is 0 Å². The lowest BCUT2D eigenvalue weighted by atomic mass is 9.74. The first-order chi connectivity index (χ1) is 8.58. The molecule has 94 valence electrons. The van der Waals surface area contributed by atoms with E-state index >= 15 is 0 Å². The van der Waals surface area contributed by atoms with E-state index in [0.717, 1.165) is 18.1 Å². The summed E-state index contributed by atoms with van der Waals surface area (Å²) in [6.07, 6.45) is 5.94. The standard InChI is InChI=1S/C16H21BO/c1-11-5-7-16(8-6-11)10-12(2)14-9-13(17)3-4-15(14)18-16/h3-4,9,11H,2,5-8,10,17H2,1H3. The summed E-state index contributed by atoms with van der Waals surface area (Å²) in [5.74, 6) is 1.90. The van der Waals surface area contributed by atoms with E-state index in [4.69, 9.17) is 4.74 Å². The number of hydrogen-bond donors (Lipinski definition) is 0. The Morgan fingerprint density at radius 1 is 1.33 bits per heavy atom. The molecule has 1 saturated carbocycles. The van der Waals surface area contributed by atoms with Gasteiger partial charge in [-0.15, -0.1) is 0 Å². The highest BCUT2D eigenvalue weighted by Crippen LogP contribution is 2.46. The van der Waals surface area contributed by atoms with E-state index in [-0.39, 0.29) is 5.60 Å². The van der Waals surface area contributed by atoms with E-state index in [9.17, 15) is 0 Å². The molecule has 0 aromatic heterocycles. The molecule has 1 heterocycles. The van der Waals surface area contributed by atoms with E-state index in [2.05, 4.69) is 39.5 Å². The van der Waals surface area contributed by atoms with Gasteiger partial charge in [0.2, 0.25) is 0 Å². The first-order valence-electron chi connectivity index (χ1n) is 7.06. The van der Waals surface area contributed by atoms with E-state index in [1.54, 1.807) is 0 Å². The maximum Gasteiger partial charge on any atom is 0.139 e. The zero-order valence-electron chi connectivity index (χ0n) is 11.5. The predicted octanol–water partition coefficient (Wildman–Crippen LogP) is 2.69. The van der Waals surface area contributed by atoms with Gasteiger partial charge in [0.25, 0.3) is 0 Å². The summed E-state index contributed by atoms with van der Waals surface area (Å²) in [4.78, 5) is 0. The summed E-state index contributed by atoms with van der Waals surface area (Å²) in [5, 5.41) is 0. The van der Waals surface area contributed by atoms with Crippen LogP contribution in [0.2, 0.25) is 0 Å². The van der Waals surface area contributed by atoms with Crippen LogP contribution in [0, 0.1) is 5.92 Å². The summed E-state index contributed by atoms with van der Waals surface area (Å²) in [5.41, 5.74) is 3.81. The van der Waals surface area contributed by atoms with Crippen molar-refractivity contribution in [2.45, 2.75) is 44.6 Å². The van der Waals surface area contributed by atoms with Crippen molar-refractivity contribution in [3.05, 3.63) is 30.3 Å². The van der Waals surface area contributed by atoms with Crippen LogP contribution in [-0.4, -0.2) is 13.4 Å². The number of ether oxygens (including phenoxy) is 1. The van der Waals surface area contributed by atoms with Gasteiger partial charge in [-0.05, 0) is 43.2 Å². The SMILES string of the molecule is Bc1ccc2c(c1)C(=C)CC1(CCC(C)CC1)O2. The molecular weight excluding hydrogens is 219 g/mol. The van der Waals surface area contributed by atoms with Crippen molar-refractivity contribution in [2.75, 3.05) is 0 Å². The third-order valence-corrected chi connectivity index (χ3v) is 4.56. The number of fused-ring (bicyclic) bond motifs is 1. The second kappa shape index (κ2) is 4.19. The van der Waals surface area contributed by atoms with Gasteiger partial charge in [0.1, 0.15) is 19.2 Å². The molecule has 0 bridgehead atoms. The molecule has 0 N–H and O–H groups in total. The fraction of sp³-hybridized carbons (Fsp3) is 0.500. The molecule has 0 unspecified atom stereocenters. The molecule has 1 spiro atoms. The number of benzene rings is 1. The fourth-order valence-corrected chi connectivity index (χ4v) is 3.33. The van der Waals surface area contributed by atoms with Gasteiger partial charge in [0.05, 0.1) is 0 Å². The van der Waals surface area contributed by atoms with E-state index < -0.39 is 0 Å². The Morgan fingerprint density at radius 3 is 2.78 bits per heavy atom. The van der Waals surface area contributed by atoms with E-state index in [1.165, 1.54) is 42.3 Å². The largest absolute Gasteiger partial charge is 0.486 e. The zero-order valence-corrected chi connectivity index (χ0v) is 11.5. The van der Waals surface area contributed by atoms with E-state index in [1.807, 2.05) is 0 Å². The van der Waals surface area contributed by atoms with Gasteiger partial charge in [-0.2, -0.15) is 0 Å². The van der Waals surface area contributed by atoms with Gasteiger partial charge in [0.15, 0.2) is 0 Å². The van der Waals surface area contributed by atoms with Gasteiger partial charge in [0, 0.05) is 12.0 Å². The summed E-state index contributed by atoms with van der Waals surface area (Å²) in [6, 6.07) is 6.46. The zero-order chi connectivity index (χ0) is 12.8. The second-order valence-electron chi connectivity index (χ2n) is 6.25. The maximum atomic E-state index is 6.37. The molecule has 2 aliphatic rings. The van der Waals surface area contributed by atoms with Crippen molar-refractivity contribution >= 4 is 18.9 Å². The Morgan fingerprint density at radius 2 is 2.06 bits per heavy atom. The molecule has 18 heavy (non-hydrogen) atoms. The van der Waals surface area contributed by atoms with Crippen molar-refractivity contribution < 1.29 is 4.74 Å². The monoisotopic (exact) mass is 240 g/mol. The lowest BCUT2D eigenvalue weighted by molar-refractivity contribution is 0.0170. The van der Waals surface area contributed by atoms with E-state index in [0.29, 0.717) is 0 Å². The number of rotatable bonds is 0. The average molecular weight is 240 g/mol. The van der Waals surface area contributed by atoms with Crippen LogP contribution in [0.25, 0.3) is 5.57 Å². The Balaban J connectivity index is 1.92. The predicted molar refractivity (Wildman–Crippen MR) is 79.3 cm³/mol. The summed E-state index contributed by atoms with van der Waals surface area (Å²) in [6.45, 7) is 6.63. The molecule has 0 atom stereocenters. The Hall–Kier alpha value is -1.18. The molecule has 0 saturated heterocycles. The first-order valence-corrected chi connectivity index (χ1v) is 7.06. The molecule has 1 aliphatic carbocycles. The average Bonchev–Trinajstić information content (AvgIpc) is 2.35. The van der Waals surface area contributed by atoms with Gasteiger partial charge in [-0.25, -0.2) is 0 Å². The van der Waals surface area contributed by atoms with Crippen LogP contribution in [0.1, 0.15) is 44.6 Å². The van der Waals surface area contributed by atoms with Crippen LogP contribution in [0.5, 0.6) is 5.75 Å². The Bertz CT molecular complexity index is 484. The smallest absolute Gasteiger partial charge is 0.139 e.